The fourth-order valence-corrected chi connectivity index (χ4v) is 4.67. The molecule has 2 saturated heterocycles. The van der Waals surface area contributed by atoms with Crippen molar-refractivity contribution in [3.8, 4) is 0 Å². The number of fused-ring (bicyclic) bond motifs is 1. The van der Waals surface area contributed by atoms with Gasteiger partial charge in [-0.3, -0.25) is 9.69 Å². The molecule has 0 aromatic carbocycles. The molecule has 21 heavy (non-hydrogen) atoms. The number of hydrogen-bond acceptors (Lipinski definition) is 6. The van der Waals surface area contributed by atoms with Gasteiger partial charge in [0, 0.05) is 32.7 Å². The number of hydrogen-bond donors (Lipinski definition) is 1. The second-order valence-electron chi connectivity index (χ2n) is 5.36. The minimum Gasteiger partial charge on any atom is -0.360 e. The first-order valence-electron chi connectivity index (χ1n) is 6.86. The molecule has 2 fully saturated rings. The Morgan fingerprint density at radius 3 is 2.71 bits per heavy atom. The number of aromatic nitrogens is 1. The molecular weight excluding hydrogens is 296 g/mol. The lowest BCUT2D eigenvalue weighted by Gasteiger charge is -2.42. The number of carbonyl (C=O) groups excluding carboxylic acids is 1. The fraction of sp³-hybridized carbons (Fsp3) is 0.667. The molecule has 0 bridgehead atoms. The Kier molecular flexibility index (Phi) is 3.50. The summed E-state index contributed by atoms with van der Waals surface area (Å²) in [4.78, 5) is 14.1. The summed E-state index contributed by atoms with van der Waals surface area (Å²) in [5, 5.41) is 6.48. The van der Waals surface area contributed by atoms with Crippen molar-refractivity contribution in [3.05, 3.63) is 11.5 Å². The molecule has 1 atom stereocenters. The average Bonchev–Trinajstić information content (AvgIpc) is 2.79. The number of amides is 1. The van der Waals surface area contributed by atoms with Gasteiger partial charge < -0.3 is 9.84 Å². The van der Waals surface area contributed by atoms with Gasteiger partial charge in [-0.15, -0.1) is 0 Å². The zero-order valence-corrected chi connectivity index (χ0v) is 12.8. The molecule has 8 nitrogen and oxygen atoms in total. The largest absolute Gasteiger partial charge is 0.360 e. The monoisotopic (exact) mass is 314 g/mol. The van der Waals surface area contributed by atoms with Gasteiger partial charge in [-0.1, -0.05) is 5.16 Å². The zero-order chi connectivity index (χ0) is 15.2. The number of nitrogens with zero attached hydrogens (tertiary/aromatic N) is 3. The van der Waals surface area contributed by atoms with Crippen LogP contribution in [0.1, 0.15) is 11.5 Å². The minimum absolute atomic E-state index is 0.111. The fourth-order valence-electron chi connectivity index (χ4n) is 2.94. The minimum atomic E-state index is -3.68. The molecule has 9 heteroatoms. The van der Waals surface area contributed by atoms with Gasteiger partial charge in [-0.25, -0.2) is 8.42 Å². The van der Waals surface area contributed by atoms with Crippen molar-refractivity contribution in [2.45, 2.75) is 24.8 Å². The van der Waals surface area contributed by atoms with Crippen molar-refractivity contribution in [1.29, 1.82) is 0 Å². The van der Waals surface area contributed by atoms with Gasteiger partial charge in [0.1, 0.15) is 16.6 Å². The standard InChI is InChI=1S/C12H18N4O4S/c1-8-11(9(2)20-14-8)21(18,19)16-6-5-15-4-3-13-12(17)10(15)7-16/h10H,3-7H2,1-2H3,(H,13,17). The average molecular weight is 314 g/mol. The number of rotatable bonds is 2. The number of sulfonamides is 1. The first-order chi connectivity index (χ1) is 9.91. The van der Waals surface area contributed by atoms with Crippen LogP contribution in [0.2, 0.25) is 0 Å². The molecule has 2 aliphatic rings. The van der Waals surface area contributed by atoms with Crippen LogP contribution in [-0.2, 0) is 14.8 Å². The second kappa shape index (κ2) is 5.08. The predicted molar refractivity (Wildman–Crippen MR) is 73.1 cm³/mol. The van der Waals surface area contributed by atoms with Crippen LogP contribution in [0.5, 0.6) is 0 Å². The highest BCUT2D eigenvalue weighted by atomic mass is 32.2. The highest BCUT2D eigenvalue weighted by molar-refractivity contribution is 7.89. The summed E-state index contributed by atoms with van der Waals surface area (Å²) in [7, 11) is -3.68. The van der Waals surface area contributed by atoms with Crippen LogP contribution in [0.3, 0.4) is 0 Å². The normalized spacial score (nSPS) is 24.7. The van der Waals surface area contributed by atoms with E-state index in [1.54, 1.807) is 13.8 Å². The first kappa shape index (κ1) is 14.5. The van der Waals surface area contributed by atoms with E-state index in [2.05, 4.69) is 10.5 Å². The summed E-state index contributed by atoms with van der Waals surface area (Å²) < 4.78 is 31.8. The van der Waals surface area contributed by atoms with E-state index in [4.69, 9.17) is 4.52 Å². The first-order valence-corrected chi connectivity index (χ1v) is 8.30. The van der Waals surface area contributed by atoms with E-state index >= 15 is 0 Å². The number of carbonyl (C=O) groups is 1. The van der Waals surface area contributed by atoms with E-state index in [1.807, 2.05) is 4.90 Å². The second-order valence-corrected chi connectivity index (χ2v) is 7.23. The molecule has 3 heterocycles. The van der Waals surface area contributed by atoms with Crippen LogP contribution < -0.4 is 5.32 Å². The summed E-state index contributed by atoms with van der Waals surface area (Å²) in [6.45, 7) is 5.65. The van der Waals surface area contributed by atoms with Crippen molar-refractivity contribution < 1.29 is 17.7 Å². The Labute approximate surface area is 123 Å². The van der Waals surface area contributed by atoms with E-state index in [9.17, 15) is 13.2 Å². The van der Waals surface area contributed by atoms with Crippen molar-refractivity contribution >= 4 is 15.9 Å². The highest BCUT2D eigenvalue weighted by Gasteiger charge is 2.40. The summed E-state index contributed by atoms with van der Waals surface area (Å²) in [5.74, 6) is 0.169. The molecule has 0 aliphatic carbocycles. The van der Waals surface area contributed by atoms with Gasteiger partial charge in [0.15, 0.2) is 5.76 Å². The van der Waals surface area contributed by atoms with Crippen LogP contribution >= 0.6 is 0 Å². The van der Waals surface area contributed by atoms with Crippen LogP contribution in [0.15, 0.2) is 9.42 Å². The van der Waals surface area contributed by atoms with E-state index in [-0.39, 0.29) is 23.1 Å². The molecule has 3 rings (SSSR count). The van der Waals surface area contributed by atoms with Gasteiger partial charge in [0.05, 0.1) is 0 Å². The third kappa shape index (κ3) is 2.34. The topological polar surface area (TPSA) is 95.8 Å². The summed E-state index contributed by atoms with van der Waals surface area (Å²) in [5.41, 5.74) is 0.350. The van der Waals surface area contributed by atoms with Crippen molar-refractivity contribution in [2.75, 3.05) is 32.7 Å². The van der Waals surface area contributed by atoms with Gasteiger partial charge in [-0.2, -0.15) is 4.31 Å². The smallest absolute Gasteiger partial charge is 0.248 e. The molecule has 1 aromatic heterocycles. The molecule has 2 aliphatic heterocycles. The number of aryl methyl sites for hydroxylation is 2. The molecule has 0 spiro atoms. The van der Waals surface area contributed by atoms with Gasteiger partial charge in [0.25, 0.3) is 0 Å². The van der Waals surface area contributed by atoms with Gasteiger partial charge in [0.2, 0.25) is 15.9 Å². The van der Waals surface area contributed by atoms with Crippen molar-refractivity contribution in [1.82, 2.24) is 19.7 Å². The maximum Gasteiger partial charge on any atom is 0.248 e. The van der Waals surface area contributed by atoms with Gasteiger partial charge in [-0.05, 0) is 13.8 Å². The quantitative estimate of drug-likeness (QED) is 0.760. The van der Waals surface area contributed by atoms with Crippen LogP contribution in [0.4, 0.5) is 0 Å². The van der Waals surface area contributed by atoms with E-state index in [0.29, 0.717) is 25.3 Å². The van der Waals surface area contributed by atoms with Crippen LogP contribution in [0, 0.1) is 13.8 Å². The molecule has 0 radical (unpaired) electrons. The number of nitrogens with one attached hydrogen (secondary N) is 1. The Morgan fingerprint density at radius 2 is 2.05 bits per heavy atom. The molecule has 1 N–H and O–H groups in total. The molecule has 1 aromatic rings. The summed E-state index contributed by atoms with van der Waals surface area (Å²) in [6.07, 6.45) is 0. The molecule has 1 amide bonds. The maximum absolute atomic E-state index is 12.7. The third-order valence-corrected chi connectivity index (χ3v) is 6.13. The Hall–Kier alpha value is -1.45. The Bertz CT molecular complexity index is 649. The van der Waals surface area contributed by atoms with E-state index in [0.717, 1.165) is 6.54 Å². The molecule has 116 valence electrons. The molecular formula is C12H18N4O4S. The lowest BCUT2D eigenvalue weighted by atomic mass is 10.1. The lowest BCUT2D eigenvalue weighted by molar-refractivity contribution is -0.130. The Morgan fingerprint density at radius 1 is 1.29 bits per heavy atom. The zero-order valence-electron chi connectivity index (χ0n) is 12.0. The van der Waals surface area contributed by atoms with Gasteiger partial charge >= 0.3 is 0 Å². The summed E-state index contributed by atoms with van der Waals surface area (Å²) in [6, 6.07) is -0.414. The maximum atomic E-state index is 12.7. The van der Waals surface area contributed by atoms with Crippen LogP contribution in [-0.4, -0.2) is 67.5 Å². The van der Waals surface area contributed by atoms with Crippen LogP contribution in [0.25, 0.3) is 0 Å². The van der Waals surface area contributed by atoms with Crippen molar-refractivity contribution in [3.63, 3.8) is 0 Å². The highest BCUT2D eigenvalue weighted by Crippen LogP contribution is 2.25. The van der Waals surface area contributed by atoms with Crippen molar-refractivity contribution in [2.24, 2.45) is 0 Å². The predicted octanol–water partition coefficient (Wildman–Crippen LogP) is -0.904. The van der Waals surface area contributed by atoms with E-state index < -0.39 is 16.1 Å². The molecule has 1 unspecified atom stereocenters. The lowest BCUT2D eigenvalue weighted by Crippen LogP contribution is -2.64. The Balaban J connectivity index is 1.89. The third-order valence-electron chi connectivity index (χ3n) is 4.02. The molecule has 0 saturated carbocycles. The van der Waals surface area contributed by atoms with E-state index in [1.165, 1.54) is 4.31 Å². The SMILES string of the molecule is Cc1noc(C)c1S(=O)(=O)N1CCN2CCNC(=O)C2C1. The summed E-state index contributed by atoms with van der Waals surface area (Å²) >= 11 is 0. The number of piperazine rings is 2.